The number of hydrogen-bond donors (Lipinski definition) is 11. The van der Waals surface area contributed by atoms with E-state index in [4.69, 9.17) is 0 Å². The van der Waals surface area contributed by atoms with Gasteiger partial charge in [0, 0.05) is 0 Å². The second-order valence-electron chi connectivity index (χ2n) is 15.0. The molecule has 20 nitrogen and oxygen atoms in total. The van der Waals surface area contributed by atoms with Crippen molar-refractivity contribution in [3.63, 3.8) is 0 Å². The van der Waals surface area contributed by atoms with Gasteiger partial charge < -0.3 is 57.9 Å². The lowest BCUT2D eigenvalue weighted by Crippen LogP contribution is -2.61. The molecule has 11 N–H and O–H groups in total. The lowest BCUT2D eigenvalue weighted by Gasteiger charge is -2.28. The van der Waals surface area contributed by atoms with Gasteiger partial charge in [-0.05, 0) is 63.8 Å². The van der Waals surface area contributed by atoms with Crippen LogP contribution in [0.5, 0.6) is 0 Å². The summed E-state index contributed by atoms with van der Waals surface area (Å²) >= 11 is 0. The molecule has 0 aromatic heterocycles. The summed E-state index contributed by atoms with van der Waals surface area (Å²) < 4.78 is 0. The molecule has 8 atom stereocenters. The highest BCUT2D eigenvalue weighted by Crippen LogP contribution is 2.11. The van der Waals surface area contributed by atoms with Crippen molar-refractivity contribution in [2.24, 2.45) is 17.8 Å². The number of amides is 7. The van der Waals surface area contributed by atoms with Crippen molar-refractivity contribution >= 4 is 53.3 Å². The van der Waals surface area contributed by atoms with Crippen molar-refractivity contribution in [3.8, 4) is 0 Å². The normalized spacial score (nSPS) is 17.8. The van der Waals surface area contributed by atoms with E-state index in [-0.39, 0.29) is 30.6 Å². The summed E-state index contributed by atoms with van der Waals surface area (Å²) in [6.45, 7) is 12.8. The standard InChI is InChI=1S/C35H60N8O12/c1-16(2)12-22(40-31(50)21-10-9-11-36-21)30(49)37-15-25(45)39-24(14-26(46)47)32(51)38-19(7)29(48)43-28(20(8)44)34(53)41-23(13-17(3)4)33(52)42-27(18(5)6)35(54)55/h16-24,27-28,36,44H,9-15H2,1-8H3,(H,37,49)(H,38,51)(H,39,45)(H,40,50)(H,41,53)(H,42,52)(H,43,48)(H,46,47)(H,54,55)/t19-,20+,21-,22-,23-,24-,27-,28-/m0/s1. The van der Waals surface area contributed by atoms with Crippen LogP contribution in [-0.4, -0.2) is 130 Å². The predicted molar refractivity (Wildman–Crippen MR) is 197 cm³/mol. The number of nitrogens with one attached hydrogen (secondary N) is 8. The second-order valence-corrected chi connectivity index (χ2v) is 15.0. The number of hydrogen-bond acceptors (Lipinski definition) is 11. The van der Waals surface area contributed by atoms with Crippen molar-refractivity contribution in [2.45, 2.75) is 136 Å². The molecule has 0 unspecified atom stereocenters. The van der Waals surface area contributed by atoms with E-state index in [2.05, 4.69) is 42.5 Å². The Bertz CT molecular complexity index is 1380. The van der Waals surface area contributed by atoms with Crippen LogP contribution in [0.3, 0.4) is 0 Å². The summed E-state index contributed by atoms with van der Waals surface area (Å²) in [7, 11) is 0. The molecular weight excluding hydrogens is 724 g/mol. The molecule has 55 heavy (non-hydrogen) atoms. The summed E-state index contributed by atoms with van der Waals surface area (Å²) in [6.07, 6.45) is -0.637. The third-order valence-corrected chi connectivity index (χ3v) is 8.56. The fourth-order valence-corrected chi connectivity index (χ4v) is 5.60. The smallest absolute Gasteiger partial charge is 0.326 e. The first-order valence-electron chi connectivity index (χ1n) is 18.5. The summed E-state index contributed by atoms with van der Waals surface area (Å²) in [5.41, 5.74) is 0. The Morgan fingerprint density at radius 1 is 0.636 bits per heavy atom. The molecule has 1 fully saturated rings. The SMILES string of the molecule is CC(C)C[C@H](NC(=O)[C@@H]1CCCN1)C(=O)NCC(=O)N[C@@H](CC(=O)O)C(=O)N[C@@H](C)C(=O)N[C@H](C(=O)N[C@@H](CC(C)C)C(=O)N[C@H](C(=O)O)C(C)C)[C@@H](C)O. The van der Waals surface area contributed by atoms with Crippen LogP contribution < -0.4 is 42.5 Å². The number of carbonyl (C=O) groups excluding carboxylic acids is 7. The topological polar surface area (TPSA) is 311 Å². The quantitative estimate of drug-likeness (QED) is 0.0510. The Hall–Kier alpha value is -4.85. The zero-order valence-corrected chi connectivity index (χ0v) is 32.8. The molecular formula is C35H60N8O12. The van der Waals surface area contributed by atoms with Crippen LogP contribution in [0.25, 0.3) is 0 Å². The van der Waals surface area contributed by atoms with E-state index in [0.29, 0.717) is 13.0 Å². The highest BCUT2D eigenvalue weighted by atomic mass is 16.4. The average molecular weight is 785 g/mol. The van der Waals surface area contributed by atoms with E-state index in [1.807, 2.05) is 13.8 Å². The van der Waals surface area contributed by atoms with Gasteiger partial charge in [0.2, 0.25) is 41.4 Å². The van der Waals surface area contributed by atoms with Crippen LogP contribution in [0.2, 0.25) is 0 Å². The monoisotopic (exact) mass is 784 g/mol. The van der Waals surface area contributed by atoms with E-state index in [0.717, 1.165) is 6.42 Å². The number of carboxylic acid groups (broad SMARTS) is 2. The molecule has 0 aromatic carbocycles. The predicted octanol–water partition coefficient (Wildman–Crippen LogP) is -2.53. The van der Waals surface area contributed by atoms with E-state index >= 15 is 0 Å². The zero-order valence-electron chi connectivity index (χ0n) is 32.8. The maximum absolute atomic E-state index is 13.2. The van der Waals surface area contributed by atoms with Gasteiger partial charge in [-0.15, -0.1) is 0 Å². The third-order valence-electron chi connectivity index (χ3n) is 8.56. The first-order valence-corrected chi connectivity index (χ1v) is 18.5. The van der Waals surface area contributed by atoms with Crippen LogP contribution in [0.1, 0.15) is 87.5 Å². The van der Waals surface area contributed by atoms with Crippen molar-refractivity contribution in [3.05, 3.63) is 0 Å². The summed E-state index contributed by atoms with van der Waals surface area (Å²) in [6, 6.07) is -8.67. The van der Waals surface area contributed by atoms with Crippen LogP contribution in [0.15, 0.2) is 0 Å². The van der Waals surface area contributed by atoms with Gasteiger partial charge in [-0.25, -0.2) is 4.79 Å². The van der Waals surface area contributed by atoms with E-state index in [1.165, 1.54) is 13.8 Å². The summed E-state index contributed by atoms with van der Waals surface area (Å²) in [4.78, 5) is 114. The Kier molecular flexibility index (Phi) is 20.3. The summed E-state index contributed by atoms with van der Waals surface area (Å²) in [5.74, 6) is -9.17. The molecule has 0 aromatic rings. The van der Waals surface area contributed by atoms with Crippen LogP contribution in [0, 0.1) is 17.8 Å². The first-order chi connectivity index (χ1) is 25.5. The molecule has 0 aliphatic carbocycles. The highest BCUT2D eigenvalue weighted by molar-refractivity contribution is 5.97. The van der Waals surface area contributed by atoms with Gasteiger partial charge >= 0.3 is 11.9 Å². The molecule has 0 spiro atoms. The highest BCUT2D eigenvalue weighted by Gasteiger charge is 2.35. The molecule has 1 saturated heterocycles. The minimum Gasteiger partial charge on any atom is -0.481 e. The fourth-order valence-electron chi connectivity index (χ4n) is 5.60. The summed E-state index contributed by atoms with van der Waals surface area (Å²) in [5, 5.41) is 48.9. The maximum atomic E-state index is 13.2. The number of rotatable bonds is 23. The minimum absolute atomic E-state index is 0.00548. The molecule has 0 saturated carbocycles. The van der Waals surface area contributed by atoms with E-state index < -0.39 is 115 Å². The van der Waals surface area contributed by atoms with Crippen molar-refractivity contribution in [1.82, 2.24) is 42.5 Å². The molecule has 0 bridgehead atoms. The van der Waals surface area contributed by atoms with Gasteiger partial charge in [0.1, 0.15) is 36.3 Å². The van der Waals surface area contributed by atoms with Crippen molar-refractivity contribution in [2.75, 3.05) is 13.1 Å². The lowest BCUT2D eigenvalue weighted by atomic mass is 10.00. The molecule has 7 amide bonds. The number of aliphatic hydroxyl groups excluding tert-OH is 1. The molecule has 1 aliphatic rings. The minimum atomic E-state index is -1.71. The number of aliphatic carboxylic acids is 2. The molecule has 1 rings (SSSR count). The van der Waals surface area contributed by atoms with Crippen molar-refractivity contribution < 1.29 is 58.5 Å². The van der Waals surface area contributed by atoms with Crippen LogP contribution in [0.4, 0.5) is 0 Å². The molecule has 20 heteroatoms. The lowest BCUT2D eigenvalue weighted by molar-refractivity contribution is -0.144. The maximum Gasteiger partial charge on any atom is 0.326 e. The van der Waals surface area contributed by atoms with Gasteiger partial charge in [0.25, 0.3) is 0 Å². The molecule has 1 heterocycles. The zero-order chi connectivity index (χ0) is 42.2. The molecule has 1 aliphatic heterocycles. The molecule has 312 valence electrons. The number of aliphatic hydroxyl groups is 1. The second kappa shape index (κ2) is 23.2. The Morgan fingerprint density at radius 3 is 1.65 bits per heavy atom. The Labute approximate surface area is 320 Å². The van der Waals surface area contributed by atoms with Gasteiger partial charge in [0.15, 0.2) is 0 Å². The third kappa shape index (κ3) is 17.4. The number of carboxylic acids is 2. The van der Waals surface area contributed by atoms with Gasteiger partial charge in [-0.3, -0.25) is 38.4 Å². The fraction of sp³-hybridized carbons (Fsp3) is 0.743. The van der Waals surface area contributed by atoms with E-state index in [1.54, 1.807) is 27.7 Å². The average Bonchev–Trinajstić information content (AvgIpc) is 3.61. The Morgan fingerprint density at radius 2 is 1.18 bits per heavy atom. The van der Waals surface area contributed by atoms with Crippen LogP contribution in [-0.2, 0) is 43.2 Å². The van der Waals surface area contributed by atoms with Gasteiger partial charge in [-0.2, -0.15) is 0 Å². The number of carbonyl (C=O) groups is 9. The van der Waals surface area contributed by atoms with Crippen LogP contribution >= 0.6 is 0 Å². The molecule has 0 radical (unpaired) electrons. The van der Waals surface area contributed by atoms with Gasteiger partial charge in [-0.1, -0.05) is 41.5 Å². The van der Waals surface area contributed by atoms with E-state index in [9.17, 15) is 58.5 Å². The van der Waals surface area contributed by atoms with Crippen molar-refractivity contribution in [1.29, 1.82) is 0 Å². The first kappa shape index (κ1) is 48.2. The largest absolute Gasteiger partial charge is 0.481 e. The Balaban J connectivity index is 2.94. The van der Waals surface area contributed by atoms with Gasteiger partial charge in [0.05, 0.1) is 25.1 Å².